The molecule has 1 unspecified atom stereocenters. The van der Waals surface area contributed by atoms with Crippen molar-refractivity contribution in [1.82, 2.24) is 5.32 Å². The van der Waals surface area contributed by atoms with Gasteiger partial charge in [-0.1, -0.05) is 66.2 Å². The van der Waals surface area contributed by atoms with Gasteiger partial charge in [-0.3, -0.25) is 0 Å². The standard InChI is InChI=1S/C21H20ClNO/c1-15(20-13-19(22)11-12-21(20)24)23-14-16-7-9-18(10-8-16)17-5-3-2-4-6-17/h2-13,15,23-24H,14H2,1H3. The molecule has 2 nitrogen and oxygen atoms in total. The van der Waals surface area contributed by atoms with Gasteiger partial charge in [0.15, 0.2) is 0 Å². The molecule has 3 heteroatoms. The number of phenols is 1. The Balaban J connectivity index is 1.65. The summed E-state index contributed by atoms with van der Waals surface area (Å²) in [6, 6.07) is 24.0. The Bertz CT molecular complexity index is 800. The van der Waals surface area contributed by atoms with Gasteiger partial charge in [-0.2, -0.15) is 0 Å². The number of halogens is 1. The number of benzene rings is 3. The molecule has 24 heavy (non-hydrogen) atoms. The summed E-state index contributed by atoms with van der Waals surface area (Å²) >= 11 is 6.01. The van der Waals surface area contributed by atoms with Crippen molar-refractivity contribution in [3.63, 3.8) is 0 Å². The molecule has 0 aromatic heterocycles. The molecule has 2 N–H and O–H groups in total. The molecule has 3 rings (SSSR count). The highest BCUT2D eigenvalue weighted by Gasteiger charge is 2.10. The number of aromatic hydroxyl groups is 1. The van der Waals surface area contributed by atoms with E-state index in [1.165, 1.54) is 16.7 Å². The van der Waals surface area contributed by atoms with Gasteiger partial charge >= 0.3 is 0 Å². The summed E-state index contributed by atoms with van der Waals surface area (Å²) in [5.74, 6) is 0.263. The molecule has 0 radical (unpaired) electrons. The van der Waals surface area contributed by atoms with E-state index in [2.05, 4.69) is 41.7 Å². The first-order valence-corrected chi connectivity index (χ1v) is 8.37. The molecule has 0 saturated carbocycles. The van der Waals surface area contributed by atoms with Crippen LogP contribution in [0, 0.1) is 0 Å². The minimum absolute atomic E-state index is 0.0116. The summed E-state index contributed by atoms with van der Waals surface area (Å²) in [5, 5.41) is 14.0. The van der Waals surface area contributed by atoms with Crippen molar-refractivity contribution in [1.29, 1.82) is 0 Å². The summed E-state index contributed by atoms with van der Waals surface area (Å²) in [7, 11) is 0. The van der Waals surface area contributed by atoms with Crippen LogP contribution >= 0.6 is 11.6 Å². The summed E-state index contributed by atoms with van der Waals surface area (Å²) in [6.45, 7) is 2.74. The van der Waals surface area contributed by atoms with Gasteiger partial charge in [0.05, 0.1) is 0 Å². The lowest BCUT2D eigenvalue weighted by atomic mass is 10.0. The lowest BCUT2D eigenvalue weighted by Gasteiger charge is -2.16. The largest absolute Gasteiger partial charge is 0.508 e. The average Bonchev–Trinajstić information content (AvgIpc) is 2.63. The van der Waals surface area contributed by atoms with Crippen LogP contribution in [-0.2, 0) is 6.54 Å². The third-order valence-electron chi connectivity index (χ3n) is 4.13. The fourth-order valence-electron chi connectivity index (χ4n) is 2.70. The maximum atomic E-state index is 9.97. The van der Waals surface area contributed by atoms with Gasteiger partial charge in [-0.05, 0) is 41.8 Å². The van der Waals surface area contributed by atoms with Crippen LogP contribution in [0.5, 0.6) is 5.75 Å². The van der Waals surface area contributed by atoms with E-state index in [-0.39, 0.29) is 11.8 Å². The summed E-state index contributed by atoms with van der Waals surface area (Å²) in [5.41, 5.74) is 4.43. The van der Waals surface area contributed by atoms with Crippen LogP contribution in [0.15, 0.2) is 72.8 Å². The Morgan fingerprint density at radius 1 is 0.917 bits per heavy atom. The van der Waals surface area contributed by atoms with E-state index < -0.39 is 0 Å². The first-order chi connectivity index (χ1) is 11.6. The van der Waals surface area contributed by atoms with Crippen molar-refractivity contribution in [2.24, 2.45) is 0 Å². The fraction of sp³-hybridized carbons (Fsp3) is 0.143. The first-order valence-electron chi connectivity index (χ1n) is 7.99. The Kier molecular flexibility index (Phi) is 5.19. The second-order valence-corrected chi connectivity index (χ2v) is 6.31. The zero-order valence-electron chi connectivity index (χ0n) is 13.5. The molecule has 122 valence electrons. The van der Waals surface area contributed by atoms with Crippen molar-refractivity contribution < 1.29 is 5.11 Å². The number of rotatable bonds is 5. The van der Waals surface area contributed by atoms with Gasteiger partial charge in [0.1, 0.15) is 5.75 Å². The Labute approximate surface area is 147 Å². The predicted octanol–water partition coefficient (Wildman–Crippen LogP) is 5.56. The zero-order chi connectivity index (χ0) is 16.9. The molecule has 0 aliphatic heterocycles. The van der Waals surface area contributed by atoms with Gasteiger partial charge in [0, 0.05) is 23.2 Å². The molecule has 0 aliphatic rings. The molecular weight excluding hydrogens is 318 g/mol. The molecule has 1 atom stereocenters. The van der Waals surface area contributed by atoms with Gasteiger partial charge in [-0.15, -0.1) is 0 Å². The van der Waals surface area contributed by atoms with E-state index in [0.717, 1.165) is 12.1 Å². The SMILES string of the molecule is CC(NCc1ccc(-c2ccccc2)cc1)c1cc(Cl)ccc1O. The second-order valence-electron chi connectivity index (χ2n) is 5.87. The third kappa shape index (κ3) is 3.97. The Hall–Kier alpha value is -2.29. The highest BCUT2D eigenvalue weighted by molar-refractivity contribution is 6.30. The molecule has 0 aliphatic carbocycles. The molecule has 3 aromatic rings. The maximum absolute atomic E-state index is 9.97. The predicted molar refractivity (Wildman–Crippen MR) is 100 cm³/mol. The van der Waals surface area contributed by atoms with Crippen LogP contribution in [0.2, 0.25) is 5.02 Å². The van der Waals surface area contributed by atoms with Crippen LogP contribution in [0.4, 0.5) is 0 Å². The summed E-state index contributed by atoms with van der Waals surface area (Å²) in [4.78, 5) is 0. The van der Waals surface area contributed by atoms with Crippen LogP contribution in [-0.4, -0.2) is 5.11 Å². The van der Waals surface area contributed by atoms with Gasteiger partial charge in [0.25, 0.3) is 0 Å². The fourth-order valence-corrected chi connectivity index (χ4v) is 2.88. The highest BCUT2D eigenvalue weighted by Crippen LogP contribution is 2.27. The van der Waals surface area contributed by atoms with E-state index in [4.69, 9.17) is 11.6 Å². The van der Waals surface area contributed by atoms with E-state index in [9.17, 15) is 5.11 Å². The molecule has 0 saturated heterocycles. The molecule has 0 spiro atoms. The smallest absolute Gasteiger partial charge is 0.120 e. The molecular formula is C21H20ClNO. The van der Waals surface area contributed by atoms with Crippen LogP contribution in [0.3, 0.4) is 0 Å². The van der Waals surface area contributed by atoms with E-state index in [1.807, 2.05) is 25.1 Å². The molecule has 0 heterocycles. The maximum Gasteiger partial charge on any atom is 0.120 e. The number of nitrogens with one attached hydrogen (secondary N) is 1. The normalized spacial score (nSPS) is 12.1. The first kappa shape index (κ1) is 16.6. The third-order valence-corrected chi connectivity index (χ3v) is 4.36. The number of hydrogen-bond donors (Lipinski definition) is 2. The summed E-state index contributed by atoms with van der Waals surface area (Å²) in [6.07, 6.45) is 0. The van der Waals surface area contributed by atoms with Crippen molar-refractivity contribution >= 4 is 11.6 Å². The van der Waals surface area contributed by atoms with E-state index >= 15 is 0 Å². The van der Waals surface area contributed by atoms with E-state index in [1.54, 1.807) is 18.2 Å². The average molecular weight is 338 g/mol. The minimum atomic E-state index is 0.0116. The van der Waals surface area contributed by atoms with Crippen LogP contribution in [0.25, 0.3) is 11.1 Å². The molecule has 0 amide bonds. The van der Waals surface area contributed by atoms with Gasteiger partial charge in [0.2, 0.25) is 0 Å². The topological polar surface area (TPSA) is 32.3 Å². The number of phenolic OH excluding ortho intramolecular Hbond substituents is 1. The molecule has 0 bridgehead atoms. The van der Waals surface area contributed by atoms with Gasteiger partial charge in [-0.25, -0.2) is 0 Å². The minimum Gasteiger partial charge on any atom is -0.508 e. The van der Waals surface area contributed by atoms with Crippen molar-refractivity contribution in [2.75, 3.05) is 0 Å². The highest BCUT2D eigenvalue weighted by atomic mass is 35.5. The Morgan fingerprint density at radius 2 is 1.58 bits per heavy atom. The Morgan fingerprint density at radius 3 is 2.29 bits per heavy atom. The van der Waals surface area contributed by atoms with Crippen LogP contribution in [0.1, 0.15) is 24.1 Å². The van der Waals surface area contributed by atoms with Crippen molar-refractivity contribution in [3.8, 4) is 16.9 Å². The van der Waals surface area contributed by atoms with Gasteiger partial charge < -0.3 is 10.4 Å². The zero-order valence-corrected chi connectivity index (χ0v) is 14.3. The van der Waals surface area contributed by atoms with Crippen molar-refractivity contribution in [3.05, 3.63) is 88.9 Å². The quantitative estimate of drug-likeness (QED) is 0.638. The lowest BCUT2D eigenvalue weighted by Crippen LogP contribution is -2.18. The monoisotopic (exact) mass is 337 g/mol. The van der Waals surface area contributed by atoms with Crippen LogP contribution < -0.4 is 5.32 Å². The van der Waals surface area contributed by atoms with Crippen molar-refractivity contribution in [2.45, 2.75) is 19.5 Å². The lowest BCUT2D eigenvalue weighted by molar-refractivity contribution is 0.452. The summed E-state index contributed by atoms with van der Waals surface area (Å²) < 4.78 is 0. The molecule has 3 aromatic carbocycles. The number of hydrogen-bond acceptors (Lipinski definition) is 2. The van der Waals surface area contributed by atoms with E-state index in [0.29, 0.717) is 5.02 Å². The second kappa shape index (κ2) is 7.52. The molecule has 0 fully saturated rings.